The molecule has 0 aromatic rings. The molecular weight excluding hydrogens is 144 g/mol. The lowest BCUT2D eigenvalue weighted by molar-refractivity contribution is -0.114. The Bertz CT molecular complexity index is 203. The summed E-state index contributed by atoms with van der Waals surface area (Å²) in [5.74, 6) is 0.807. The number of hydrogen-bond donors (Lipinski definition) is 0. The van der Waals surface area contributed by atoms with Gasteiger partial charge in [-0.2, -0.15) is 0 Å². The summed E-state index contributed by atoms with van der Waals surface area (Å²) < 4.78 is 9.77. The third-order valence-electron chi connectivity index (χ3n) is 1.28. The minimum Gasteiger partial charge on any atom is -0.468 e. The minimum atomic E-state index is 0.106. The Morgan fingerprint density at radius 2 is 2.36 bits per heavy atom. The lowest BCUT2D eigenvalue weighted by Gasteiger charge is -2.07. The summed E-state index contributed by atoms with van der Waals surface area (Å²) in [5, 5.41) is 0. The standard InChI is InChI=1S/C8H10O3/c1-10-6-11-8-4-2-7(9)3-5-8/h2,4-5H,3,6H2,1H3. The van der Waals surface area contributed by atoms with Crippen LogP contribution in [0.5, 0.6) is 0 Å². The van der Waals surface area contributed by atoms with Gasteiger partial charge in [-0.1, -0.05) is 0 Å². The summed E-state index contributed by atoms with van der Waals surface area (Å²) in [5.41, 5.74) is 0. The van der Waals surface area contributed by atoms with E-state index in [9.17, 15) is 4.79 Å². The van der Waals surface area contributed by atoms with Crippen LogP contribution < -0.4 is 0 Å². The first-order chi connectivity index (χ1) is 5.33. The molecular formula is C8H10O3. The molecule has 0 N–H and O–H groups in total. The van der Waals surface area contributed by atoms with Crippen molar-refractivity contribution in [3.63, 3.8) is 0 Å². The van der Waals surface area contributed by atoms with Crippen LogP contribution in [0.25, 0.3) is 0 Å². The van der Waals surface area contributed by atoms with Crippen molar-refractivity contribution in [1.82, 2.24) is 0 Å². The molecule has 1 aliphatic carbocycles. The number of allylic oxidation sites excluding steroid dienone is 3. The molecule has 0 radical (unpaired) electrons. The molecule has 0 atom stereocenters. The van der Waals surface area contributed by atoms with Gasteiger partial charge in [0, 0.05) is 13.5 Å². The number of carbonyl (C=O) groups is 1. The van der Waals surface area contributed by atoms with Crippen LogP contribution in [0.15, 0.2) is 24.0 Å². The molecule has 3 nitrogen and oxygen atoms in total. The van der Waals surface area contributed by atoms with Crippen LogP contribution in [0.3, 0.4) is 0 Å². The van der Waals surface area contributed by atoms with Gasteiger partial charge >= 0.3 is 0 Å². The SMILES string of the molecule is COCOC1=CCC(=O)C=C1. The average Bonchev–Trinajstić information content (AvgIpc) is 2.04. The van der Waals surface area contributed by atoms with E-state index in [1.165, 1.54) is 6.08 Å². The van der Waals surface area contributed by atoms with Crippen molar-refractivity contribution < 1.29 is 14.3 Å². The first-order valence-electron chi connectivity index (χ1n) is 3.36. The largest absolute Gasteiger partial charge is 0.468 e. The number of hydrogen-bond acceptors (Lipinski definition) is 3. The maximum Gasteiger partial charge on any atom is 0.188 e. The van der Waals surface area contributed by atoms with E-state index >= 15 is 0 Å². The van der Waals surface area contributed by atoms with Gasteiger partial charge in [-0.25, -0.2) is 0 Å². The zero-order valence-electron chi connectivity index (χ0n) is 6.37. The van der Waals surface area contributed by atoms with Crippen LogP contribution in [0, 0.1) is 0 Å². The van der Waals surface area contributed by atoms with Crippen molar-refractivity contribution in [3.05, 3.63) is 24.0 Å². The van der Waals surface area contributed by atoms with E-state index in [0.717, 1.165) is 0 Å². The number of methoxy groups -OCH3 is 1. The van der Waals surface area contributed by atoms with Gasteiger partial charge in [-0.15, -0.1) is 0 Å². The van der Waals surface area contributed by atoms with Gasteiger partial charge in [-0.3, -0.25) is 4.79 Å². The quantitative estimate of drug-likeness (QED) is 0.569. The van der Waals surface area contributed by atoms with Gasteiger partial charge in [0.05, 0.1) is 0 Å². The van der Waals surface area contributed by atoms with Gasteiger partial charge in [-0.05, 0) is 18.2 Å². The molecule has 0 fully saturated rings. The molecule has 1 rings (SSSR count). The highest BCUT2D eigenvalue weighted by atomic mass is 16.7. The lowest BCUT2D eigenvalue weighted by Crippen LogP contribution is -2.01. The molecule has 0 aliphatic heterocycles. The van der Waals surface area contributed by atoms with Crippen molar-refractivity contribution in [2.45, 2.75) is 6.42 Å². The lowest BCUT2D eigenvalue weighted by atomic mass is 10.1. The van der Waals surface area contributed by atoms with E-state index in [-0.39, 0.29) is 12.6 Å². The van der Waals surface area contributed by atoms with Crippen molar-refractivity contribution in [2.75, 3.05) is 13.9 Å². The fraction of sp³-hybridized carbons (Fsp3) is 0.375. The molecule has 0 aromatic heterocycles. The van der Waals surface area contributed by atoms with E-state index in [1.807, 2.05) is 0 Å². The molecule has 60 valence electrons. The Morgan fingerprint density at radius 1 is 1.55 bits per heavy atom. The van der Waals surface area contributed by atoms with E-state index in [0.29, 0.717) is 12.2 Å². The summed E-state index contributed by atoms with van der Waals surface area (Å²) in [6.07, 6.45) is 5.31. The van der Waals surface area contributed by atoms with Crippen molar-refractivity contribution in [1.29, 1.82) is 0 Å². The minimum absolute atomic E-state index is 0.106. The highest BCUT2D eigenvalue weighted by Gasteiger charge is 2.02. The van der Waals surface area contributed by atoms with Crippen molar-refractivity contribution in [3.8, 4) is 0 Å². The zero-order valence-corrected chi connectivity index (χ0v) is 6.37. The highest BCUT2D eigenvalue weighted by Crippen LogP contribution is 2.07. The van der Waals surface area contributed by atoms with Crippen LogP contribution in [-0.2, 0) is 14.3 Å². The number of rotatable bonds is 3. The second kappa shape index (κ2) is 3.93. The van der Waals surface area contributed by atoms with Gasteiger partial charge in [0.15, 0.2) is 12.6 Å². The Kier molecular flexibility index (Phi) is 2.86. The monoisotopic (exact) mass is 154 g/mol. The van der Waals surface area contributed by atoms with Crippen LogP contribution in [0.4, 0.5) is 0 Å². The summed E-state index contributed by atoms with van der Waals surface area (Å²) >= 11 is 0. The second-order valence-electron chi connectivity index (χ2n) is 2.16. The summed E-state index contributed by atoms with van der Waals surface area (Å²) in [4.78, 5) is 10.7. The summed E-state index contributed by atoms with van der Waals surface area (Å²) in [6, 6.07) is 0. The van der Waals surface area contributed by atoms with Crippen LogP contribution in [-0.4, -0.2) is 19.7 Å². The Morgan fingerprint density at radius 3 is 2.91 bits per heavy atom. The first-order valence-corrected chi connectivity index (χ1v) is 3.36. The highest BCUT2D eigenvalue weighted by molar-refractivity contribution is 5.92. The Hall–Kier alpha value is -1.09. The predicted octanol–water partition coefficient (Wildman–Crippen LogP) is 1.02. The third kappa shape index (κ3) is 2.55. The van der Waals surface area contributed by atoms with Crippen LogP contribution in [0.1, 0.15) is 6.42 Å². The van der Waals surface area contributed by atoms with Crippen molar-refractivity contribution >= 4 is 5.78 Å². The number of ketones is 1. The maximum atomic E-state index is 10.7. The number of carbonyl (C=O) groups excluding carboxylic acids is 1. The van der Waals surface area contributed by atoms with Crippen molar-refractivity contribution in [2.24, 2.45) is 0 Å². The van der Waals surface area contributed by atoms with E-state index < -0.39 is 0 Å². The van der Waals surface area contributed by atoms with Gasteiger partial charge in [0.25, 0.3) is 0 Å². The zero-order chi connectivity index (χ0) is 8.10. The smallest absolute Gasteiger partial charge is 0.188 e. The topological polar surface area (TPSA) is 35.5 Å². The third-order valence-corrected chi connectivity index (χ3v) is 1.28. The number of ether oxygens (including phenoxy) is 2. The van der Waals surface area contributed by atoms with E-state index in [1.54, 1.807) is 19.3 Å². The molecule has 0 saturated carbocycles. The molecule has 3 heteroatoms. The normalized spacial score (nSPS) is 16.5. The fourth-order valence-electron chi connectivity index (χ4n) is 0.746. The maximum absolute atomic E-state index is 10.7. The van der Waals surface area contributed by atoms with Gasteiger partial charge in [0.1, 0.15) is 5.76 Å². The predicted molar refractivity (Wildman–Crippen MR) is 39.8 cm³/mol. The Balaban J connectivity index is 2.37. The molecule has 0 heterocycles. The molecule has 0 spiro atoms. The van der Waals surface area contributed by atoms with E-state index in [2.05, 4.69) is 4.74 Å². The molecule has 11 heavy (non-hydrogen) atoms. The summed E-state index contributed by atoms with van der Waals surface area (Å²) in [6.45, 7) is 0.227. The molecule has 0 aromatic carbocycles. The second-order valence-corrected chi connectivity index (χ2v) is 2.16. The molecule has 0 amide bonds. The van der Waals surface area contributed by atoms with Crippen LogP contribution in [0.2, 0.25) is 0 Å². The van der Waals surface area contributed by atoms with E-state index in [4.69, 9.17) is 4.74 Å². The fourth-order valence-corrected chi connectivity index (χ4v) is 0.746. The average molecular weight is 154 g/mol. The molecule has 0 bridgehead atoms. The molecule has 1 aliphatic rings. The molecule has 0 unspecified atom stereocenters. The van der Waals surface area contributed by atoms with Gasteiger partial charge < -0.3 is 9.47 Å². The molecule has 0 saturated heterocycles. The van der Waals surface area contributed by atoms with Crippen LogP contribution >= 0.6 is 0 Å². The van der Waals surface area contributed by atoms with Gasteiger partial charge in [0.2, 0.25) is 0 Å². The Labute approximate surface area is 65.3 Å². The summed E-state index contributed by atoms with van der Waals surface area (Å²) in [7, 11) is 1.55. The first kappa shape index (κ1) is 8.01.